The van der Waals surface area contributed by atoms with Crippen LogP contribution in [0.3, 0.4) is 0 Å². The van der Waals surface area contributed by atoms with Crippen LogP contribution in [0, 0.1) is 11.8 Å². The van der Waals surface area contributed by atoms with Crippen LogP contribution in [-0.4, -0.2) is 10.7 Å². The van der Waals surface area contributed by atoms with E-state index in [-0.39, 0.29) is 5.60 Å². The molecule has 0 aliphatic heterocycles. The molecule has 0 spiro atoms. The average molecular weight is 168 g/mol. The van der Waals surface area contributed by atoms with E-state index in [1.54, 1.807) is 0 Å². The van der Waals surface area contributed by atoms with Crippen LogP contribution in [0.4, 0.5) is 0 Å². The van der Waals surface area contributed by atoms with Crippen molar-refractivity contribution in [3.8, 4) is 0 Å². The Kier molecular flexibility index (Phi) is 2.16. The summed E-state index contributed by atoms with van der Waals surface area (Å²) in [6, 6.07) is 0. The van der Waals surface area contributed by atoms with Crippen molar-refractivity contribution in [2.45, 2.75) is 57.5 Å². The van der Waals surface area contributed by atoms with Gasteiger partial charge in [0.25, 0.3) is 0 Å². The smallest absolute Gasteiger partial charge is 0.0678 e. The van der Waals surface area contributed by atoms with Gasteiger partial charge in [0.05, 0.1) is 5.60 Å². The van der Waals surface area contributed by atoms with Gasteiger partial charge in [0.2, 0.25) is 0 Å². The lowest BCUT2D eigenvalue weighted by Crippen LogP contribution is -2.26. The molecule has 0 saturated heterocycles. The molecule has 1 N–H and O–H groups in total. The Morgan fingerprint density at radius 3 is 2.17 bits per heavy atom. The van der Waals surface area contributed by atoms with E-state index >= 15 is 0 Å². The maximum Gasteiger partial charge on any atom is 0.0678 e. The third kappa shape index (κ3) is 1.52. The van der Waals surface area contributed by atoms with Gasteiger partial charge in [0.1, 0.15) is 0 Å². The molecule has 0 radical (unpaired) electrons. The minimum atomic E-state index is -0.196. The van der Waals surface area contributed by atoms with Gasteiger partial charge in [-0.25, -0.2) is 0 Å². The molecule has 0 aromatic heterocycles. The van der Waals surface area contributed by atoms with Gasteiger partial charge in [-0.2, -0.15) is 0 Å². The first-order valence-electron chi connectivity index (χ1n) is 5.47. The van der Waals surface area contributed by atoms with Crippen molar-refractivity contribution >= 4 is 0 Å². The molecular formula is C11H20O. The number of rotatable bonds is 2. The van der Waals surface area contributed by atoms with Gasteiger partial charge in [-0.3, -0.25) is 0 Å². The van der Waals surface area contributed by atoms with Crippen molar-refractivity contribution in [2.75, 3.05) is 0 Å². The molecule has 12 heavy (non-hydrogen) atoms. The van der Waals surface area contributed by atoms with Crippen molar-refractivity contribution in [1.29, 1.82) is 0 Å². The Balaban J connectivity index is 1.82. The largest absolute Gasteiger partial charge is 0.390 e. The summed E-state index contributed by atoms with van der Waals surface area (Å²) >= 11 is 0. The van der Waals surface area contributed by atoms with Crippen LogP contribution < -0.4 is 0 Å². The van der Waals surface area contributed by atoms with E-state index in [0.29, 0.717) is 5.92 Å². The highest BCUT2D eigenvalue weighted by atomic mass is 16.3. The highest BCUT2D eigenvalue weighted by Gasteiger charge is 2.47. The quantitative estimate of drug-likeness (QED) is 0.672. The second-order valence-electron chi connectivity index (χ2n) is 4.73. The van der Waals surface area contributed by atoms with Gasteiger partial charge in [-0.15, -0.1) is 0 Å². The van der Waals surface area contributed by atoms with E-state index in [0.717, 1.165) is 18.8 Å². The monoisotopic (exact) mass is 168 g/mol. The summed E-state index contributed by atoms with van der Waals surface area (Å²) in [5.74, 6) is 1.61. The Morgan fingerprint density at radius 2 is 1.75 bits per heavy atom. The summed E-state index contributed by atoms with van der Waals surface area (Å²) in [4.78, 5) is 0. The lowest BCUT2D eigenvalue weighted by molar-refractivity contribution is 0.0506. The van der Waals surface area contributed by atoms with Crippen LogP contribution in [0.2, 0.25) is 0 Å². The molecule has 2 fully saturated rings. The number of hydrogen-bond acceptors (Lipinski definition) is 1. The summed E-state index contributed by atoms with van der Waals surface area (Å²) in [6.45, 7) is 2.29. The minimum absolute atomic E-state index is 0.196. The van der Waals surface area contributed by atoms with Crippen LogP contribution in [0.25, 0.3) is 0 Å². The summed E-state index contributed by atoms with van der Waals surface area (Å²) in [5.41, 5.74) is -0.196. The van der Waals surface area contributed by atoms with Crippen molar-refractivity contribution in [3.05, 3.63) is 0 Å². The van der Waals surface area contributed by atoms with Crippen LogP contribution in [-0.2, 0) is 0 Å². The fourth-order valence-corrected chi connectivity index (χ4v) is 2.64. The van der Waals surface area contributed by atoms with Gasteiger partial charge < -0.3 is 5.11 Å². The van der Waals surface area contributed by atoms with Crippen molar-refractivity contribution in [3.63, 3.8) is 0 Å². The van der Waals surface area contributed by atoms with E-state index in [2.05, 4.69) is 6.92 Å². The molecule has 0 atom stereocenters. The van der Waals surface area contributed by atoms with E-state index in [4.69, 9.17) is 0 Å². The second-order valence-corrected chi connectivity index (χ2v) is 4.73. The molecule has 1 nitrogen and oxygen atoms in total. The topological polar surface area (TPSA) is 20.2 Å². The first-order chi connectivity index (χ1) is 5.74. The second kappa shape index (κ2) is 3.02. The van der Waals surface area contributed by atoms with Gasteiger partial charge in [0, 0.05) is 0 Å². The maximum absolute atomic E-state index is 9.91. The normalized spacial score (nSPS) is 39.5. The van der Waals surface area contributed by atoms with Crippen molar-refractivity contribution in [1.82, 2.24) is 0 Å². The van der Waals surface area contributed by atoms with Gasteiger partial charge in [0.15, 0.2) is 0 Å². The lowest BCUT2D eigenvalue weighted by atomic mass is 9.77. The highest BCUT2D eigenvalue weighted by molar-refractivity contribution is 5.00. The van der Waals surface area contributed by atoms with Crippen LogP contribution in [0.5, 0.6) is 0 Å². The Labute approximate surface area is 75.2 Å². The van der Waals surface area contributed by atoms with Crippen LogP contribution >= 0.6 is 0 Å². The predicted molar refractivity (Wildman–Crippen MR) is 49.9 cm³/mol. The van der Waals surface area contributed by atoms with E-state index < -0.39 is 0 Å². The molecule has 2 saturated carbocycles. The van der Waals surface area contributed by atoms with Crippen LogP contribution in [0.15, 0.2) is 0 Å². The predicted octanol–water partition coefficient (Wildman–Crippen LogP) is 2.73. The Morgan fingerprint density at radius 1 is 1.17 bits per heavy atom. The molecule has 2 aliphatic rings. The highest BCUT2D eigenvalue weighted by Crippen LogP contribution is 2.49. The van der Waals surface area contributed by atoms with Crippen molar-refractivity contribution in [2.24, 2.45) is 11.8 Å². The van der Waals surface area contributed by atoms with E-state index in [1.165, 1.54) is 32.1 Å². The summed E-state index contributed by atoms with van der Waals surface area (Å²) in [6.07, 6.45) is 8.80. The molecule has 1 heteroatoms. The molecular weight excluding hydrogens is 148 g/mol. The molecule has 2 rings (SSSR count). The Bertz CT molecular complexity index is 152. The number of aliphatic hydroxyl groups is 1. The third-order valence-electron chi connectivity index (χ3n) is 3.95. The summed E-state index contributed by atoms with van der Waals surface area (Å²) in [7, 11) is 0. The zero-order valence-corrected chi connectivity index (χ0v) is 8.05. The third-order valence-corrected chi connectivity index (χ3v) is 3.95. The summed E-state index contributed by atoms with van der Waals surface area (Å²) in [5, 5.41) is 9.91. The van der Waals surface area contributed by atoms with Crippen molar-refractivity contribution < 1.29 is 5.11 Å². The van der Waals surface area contributed by atoms with Crippen LogP contribution in [0.1, 0.15) is 51.9 Å². The zero-order chi connectivity index (χ0) is 8.60. The maximum atomic E-state index is 9.91. The molecule has 0 aromatic rings. The van der Waals surface area contributed by atoms with Gasteiger partial charge in [-0.1, -0.05) is 26.2 Å². The summed E-state index contributed by atoms with van der Waals surface area (Å²) < 4.78 is 0. The molecule has 0 heterocycles. The Hall–Kier alpha value is -0.0400. The molecule has 70 valence electrons. The zero-order valence-electron chi connectivity index (χ0n) is 8.05. The van der Waals surface area contributed by atoms with E-state index in [1.807, 2.05) is 0 Å². The lowest BCUT2D eigenvalue weighted by Gasteiger charge is -2.31. The molecule has 0 unspecified atom stereocenters. The van der Waals surface area contributed by atoms with Gasteiger partial charge in [-0.05, 0) is 37.5 Å². The fourth-order valence-electron chi connectivity index (χ4n) is 2.64. The minimum Gasteiger partial charge on any atom is -0.390 e. The number of hydrogen-bond donors (Lipinski definition) is 1. The first kappa shape index (κ1) is 8.55. The molecule has 2 aliphatic carbocycles. The molecule has 0 amide bonds. The standard InChI is InChI=1S/C11H20O/c1-2-9-3-5-10(6-4-9)11(12)7-8-11/h9-10,12H,2-8H2,1H3. The van der Waals surface area contributed by atoms with Gasteiger partial charge >= 0.3 is 0 Å². The first-order valence-corrected chi connectivity index (χ1v) is 5.47. The average Bonchev–Trinajstić information content (AvgIpc) is 2.85. The molecule has 0 bridgehead atoms. The van der Waals surface area contributed by atoms with E-state index in [9.17, 15) is 5.11 Å². The SMILES string of the molecule is CCC1CCC(C2(O)CC2)CC1. The fraction of sp³-hybridized carbons (Fsp3) is 1.00. The molecule has 0 aromatic carbocycles.